The SMILES string of the molecule is CN1C[C@](C)(CB2OC(C)(C)C(C)(C)O2)/C(=C/c2ccc3c(c2)OCO3)C1=O. The summed E-state index contributed by atoms with van der Waals surface area (Å²) in [6.07, 6.45) is 2.57. The molecule has 0 spiro atoms. The number of likely N-dealkylation sites (N-methyl/N-ethyl adjacent to an activating group) is 1. The lowest BCUT2D eigenvalue weighted by atomic mass is 9.66. The minimum absolute atomic E-state index is 0.0386. The van der Waals surface area contributed by atoms with Crippen molar-refractivity contribution in [2.24, 2.45) is 5.41 Å². The number of fused-ring (bicyclic) bond motifs is 1. The largest absolute Gasteiger partial charge is 0.458 e. The molecule has 3 heterocycles. The molecule has 1 aromatic carbocycles. The third-order valence-corrected chi connectivity index (χ3v) is 6.44. The van der Waals surface area contributed by atoms with Crippen molar-refractivity contribution in [2.45, 2.75) is 52.1 Å². The third kappa shape index (κ3) is 3.10. The Hall–Kier alpha value is -1.99. The molecule has 2 saturated heterocycles. The van der Waals surface area contributed by atoms with E-state index in [1.54, 1.807) is 4.90 Å². The standard InChI is InChI=1S/C21H28BNO5/c1-19(2)20(3,4)28-22(27-19)11-21(5)12-23(6)18(24)15(21)9-14-7-8-16-17(10-14)26-13-25-16/h7-10H,11-13H2,1-6H3/b15-9+/t21-/m0/s1. The number of ether oxygens (including phenoxy) is 2. The van der Waals surface area contributed by atoms with E-state index in [1.807, 2.05) is 59.0 Å². The maximum absolute atomic E-state index is 12.9. The van der Waals surface area contributed by atoms with Crippen molar-refractivity contribution >= 4 is 19.1 Å². The second kappa shape index (κ2) is 6.26. The first kappa shape index (κ1) is 19.3. The topological polar surface area (TPSA) is 57.2 Å². The molecule has 0 unspecified atom stereocenters. The van der Waals surface area contributed by atoms with Gasteiger partial charge in [0, 0.05) is 24.6 Å². The molecule has 0 aliphatic carbocycles. The summed E-state index contributed by atoms with van der Waals surface area (Å²) in [7, 11) is 1.49. The smallest absolute Gasteiger partial charge is 0.454 e. The first-order valence-electron chi connectivity index (χ1n) is 9.74. The lowest BCUT2D eigenvalue weighted by molar-refractivity contribution is -0.123. The number of hydrogen-bond donors (Lipinski definition) is 0. The minimum atomic E-state index is -0.385. The number of hydrogen-bond acceptors (Lipinski definition) is 5. The zero-order chi connectivity index (χ0) is 20.3. The number of benzene rings is 1. The quantitative estimate of drug-likeness (QED) is 0.590. The fourth-order valence-electron chi connectivity index (χ4n) is 4.14. The van der Waals surface area contributed by atoms with Crippen molar-refractivity contribution in [2.75, 3.05) is 20.4 Å². The van der Waals surface area contributed by atoms with Gasteiger partial charge in [-0.25, -0.2) is 0 Å². The number of nitrogens with zero attached hydrogens (tertiary/aromatic N) is 1. The number of carbonyl (C=O) groups excluding carboxylic acids is 1. The van der Waals surface area contributed by atoms with Crippen LogP contribution in [0.1, 0.15) is 40.2 Å². The predicted molar refractivity (Wildman–Crippen MR) is 107 cm³/mol. The van der Waals surface area contributed by atoms with Gasteiger partial charge >= 0.3 is 7.12 Å². The highest BCUT2D eigenvalue weighted by molar-refractivity contribution is 6.46. The van der Waals surface area contributed by atoms with Gasteiger partial charge in [0.15, 0.2) is 11.5 Å². The summed E-state index contributed by atoms with van der Waals surface area (Å²) in [5.74, 6) is 1.48. The third-order valence-electron chi connectivity index (χ3n) is 6.44. The van der Waals surface area contributed by atoms with Crippen LogP contribution in [0, 0.1) is 5.41 Å². The molecule has 3 aliphatic rings. The van der Waals surface area contributed by atoms with Crippen LogP contribution in [0.2, 0.25) is 6.32 Å². The van der Waals surface area contributed by atoms with Crippen LogP contribution in [-0.4, -0.2) is 49.5 Å². The van der Waals surface area contributed by atoms with E-state index in [0.717, 1.165) is 16.9 Å². The molecular formula is C21H28BNO5. The van der Waals surface area contributed by atoms with Gasteiger partial charge in [0.05, 0.1) is 11.2 Å². The average Bonchev–Trinajstić information content (AvgIpc) is 3.17. The van der Waals surface area contributed by atoms with Gasteiger partial charge in [-0.15, -0.1) is 0 Å². The molecule has 4 rings (SSSR count). The van der Waals surface area contributed by atoms with Crippen molar-refractivity contribution in [3.8, 4) is 11.5 Å². The predicted octanol–water partition coefficient (Wildman–Crippen LogP) is 3.37. The summed E-state index contributed by atoms with van der Waals surface area (Å²) in [6.45, 7) is 11.2. The molecule has 28 heavy (non-hydrogen) atoms. The fourth-order valence-corrected chi connectivity index (χ4v) is 4.14. The molecule has 7 heteroatoms. The monoisotopic (exact) mass is 385 g/mol. The van der Waals surface area contributed by atoms with Crippen LogP contribution in [0.5, 0.6) is 11.5 Å². The van der Waals surface area contributed by atoms with Crippen LogP contribution < -0.4 is 9.47 Å². The van der Waals surface area contributed by atoms with E-state index < -0.39 is 0 Å². The van der Waals surface area contributed by atoms with E-state index in [9.17, 15) is 4.79 Å². The Balaban J connectivity index is 1.63. The molecule has 0 aromatic heterocycles. The second-order valence-electron chi connectivity index (χ2n) is 9.28. The molecule has 0 bridgehead atoms. The summed E-state index contributed by atoms with van der Waals surface area (Å²) < 4.78 is 23.3. The van der Waals surface area contributed by atoms with Gasteiger partial charge in [0.1, 0.15) is 0 Å². The summed E-state index contributed by atoms with van der Waals surface area (Å²) >= 11 is 0. The summed E-state index contributed by atoms with van der Waals surface area (Å²) in [5.41, 5.74) is 0.545. The van der Waals surface area contributed by atoms with Crippen molar-refractivity contribution < 1.29 is 23.6 Å². The normalized spacial score (nSPS) is 29.2. The molecule has 0 radical (unpaired) electrons. The molecule has 1 amide bonds. The molecular weight excluding hydrogens is 357 g/mol. The second-order valence-corrected chi connectivity index (χ2v) is 9.28. The Morgan fingerprint density at radius 2 is 1.71 bits per heavy atom. The lowest BCUT2D eigenvalue weighted by Crippen LogP contribution is -2.41. The molecule has 6 nitrogen and oxygen atoms in total. The van der Waals surface area contributed by atoms with Gasteiger partial charge in [-0.05, 0) is 57.8 Å². The number of rotatable bonds is 3. The molecule has 1 atom stereocenters. The zero-order valence-corrected chi connectivity index (χ0v) is 17.5. The maximum atomic E-state index is 12.9. The molecule has 0 N–H and O–H groups in total. The highest BCUT2D eigenvalue weighted by atomic mass is 16.7. The highest BCUT2D eigenvalue weighted by Crippen LogP contribution is 2.46. The van der Waals surface area contributed by atoms with E-state index in [1.165, 1.54) is 0 Å². The van der Waals surface area contributed by atoms with Crippen molar-refractivity contribution in [1.82, 2.24) is 4.90 Å². The average molecular weight is 385 g/mol. The highest BCUT2D eigenvalue weighted by Gasteiger charge is 2.55. The van der Waals surface area contributed by atoms with Crippen LogP contribution in [0.25, 0.3) is 6.08 Å². The summed E-state index contributed by atoms with van der Waals surface area (Å²) in [5, 5.41) is 0. The molecule has 0 saturated carbocycles. The molecule has 2 fully saturated rings. The minimum Gasteiger partial charge on any atom is -0.454 e. The number of likely N-dealkylation sites (tertiary alicyclic amines) is 1. The summed E-state index contributed by atoms with van der Waals surface area (Å²) in [4.78, 5) is 14.7. The number of amides is 1. The zero-order valence-electron chi connectivity index (χ0n) is 17.5. The molecule has 150 valence electrons. The molecule has 3 aliphatic heterocycles. The van der Waals surface area contributed by atoms with Gasteiger partial charge in [-0.1, -0.05) is 13.0 Å². The van der Waals surface area contributed by atoms with Gasteiger partial charge in [-0.2, -0.15) is 0 Å². The Kier molecular flexibility index (Phi) is 4.32. The van der Waals surface area contributed by atoms with Gasteiger partial charge in [0.2, 0.25) is 12.7 Å². The van der Waals surface area contributed by atoms with E-state index in [4.69, 9.17) is 18.8 Å². The summed E-state index contributed by atoms with van der Waals surface area (Å²) in [6, 6.07) is 5.74. The lowest BCUT2D eigenvalue weighted by Gasteiger charge is -2.32. The van der Waals surface area contributed by atoms with Gasteiger partial charge in [0.25, 0.3) is 0 Å². The first-order chi connectivity index (χ1) is 13.0. The van der Waals surface area contributed by atoms with Crippen molar-refractivity contribution in [1.29, 1.82) is 0 Å². The van der Waals surface area contributed by atoms with Crippen LogP contribution >= 0.6 is 0 Å². The van der Waals surface area contributed by atoms with Gasteiger partial charge < -0.3 is 23.7 Å². The Morgan fingerprint density at radius 3 is 2.39 bits per heavy atom. The Labute approximate surface area is 166 Å². The van der Waals surface area contributed by atoms with Crippen molar-refractivity contribution in [3.05, 3.63) is 29.3 Å². The number of carbonyl (C=O) groups is 1. The van der Waals surface area contributed by atoms with Crippen molar-refractivity contribution in [3.63, 3.8) is 0 Å². The molecule has 1 aromatic rings. The Bertz CT molecular complexity index is 833. The fraction of sp³-hybridized carbons (Fsp3) is 0.571. The van der Waals surface area contributed by atoms with E-state index in [-0.39, 0.29) is 36.4 Å². The first-order valence-corrected chi connectivity index (χ1v) is 9.74. The van der Waals surface area contributed by atoms with Crippen LogP contribution in [-0.2, 0) is 14.1 Å². The van der Waals surface area contributed by atoms with Gasteiger partial charge in [-0.3, -0.25) is 4.79 Å². The Morgan fingerprint density at radius 1 is 1.07 bits per heavy atom. The van der Waals surface area contributed by atoms with E-state index >= 15 is 0 Å². The van der Waals surface area contributed by atoms with Crippen LogP contribution in [0.15, 0.2) is 23.8 Å². The van der Waals surface area contributed by atoms with E-state index in [0.29, 0.717) is 18.6 Å². The van der Waals surface area contributed by atoms with E-state index in [2.05, 4.69) is 6.92 Å². The van der Waals surface area contributed by atoms with Crippen LogP contribution in [0.3, 0.4) is 0 Å². The van der Waals surface area contributed by atoms with Crippen LogP contribution in [0.4, 0.5) is 0 Å². The maximum Gasteiger partial charge on any atom is 0.458 e.